The fourth-order valence-corrected chi connectivity index (χ4v) is 1.19. The van der Waals surface area contributed by atoms with Crippen LogP contribution in [0, 0.1) is 13.8 Å². The number of aromatic nitrogens is 1. The summed E-state index contributed by atoms with van der Waals surface area (Å²) in [5, 5.41) is 14.7. The molecule has 0 saturated heterocycles. The Morgan fingerprint density at radius 1 is 1.50 bits per heavy atom. The highest BCUT2D eigenvalue weighted by atomic mass is 16.5. The van der Waals surface area contributed by atoms with Gasteiger partial charge in [-0.1, -0.05) is 12.1 Å². The third-order valence-electron chi connectivity index (χ3n) is 2.38. The third kappa shape index (κ3) is 2.39. The van der Waals surface area contributed by atoms with Crippen LogP contribution in [0.3, 0.4) is 0 Å². The standard InChI is InChI=1S/C10H14N2O4/c1-4-7(10(14)15)11-9(13)8-5(2)6(3)16-12-8/h7H,4H2,1-3H3,(H,11,13)(H,14,15). The lowest BCUT2D eigenvalue weighted by Crippen LogP contribution is -2.40. The zero-order valence-corrected chi connectivity index (χ0v) is 9.40. The summed E-state index contributed by atoms with van der Waals surface area (Å²) in [5.41, 5.74) is 0.759. The van der Waals surface area contributed by atoms with Crippen LogP contribution in [0.5, 0.6) is 0 Å². The number of hydrogen-bond acceptors (Lipinski definition) is 4. The topological polar surface area (TPSA) is 92.4 Å². The molecule has 1 unspecified atom stereocenters. The first-order valence-electron chi connectivity index (χ1n) is 4.93. The van der Waals surface area contributed by atoms with Gasteiger partial charge in [0.05, 0.1) is 0 Å². The van der Waals surface area contributed by atoms with Crippen molar-refractivity contribution in [1.29, 1.82) is 0 Å². The van der Waals surface area contributed by atoms with Gasteiger partial charge >= 0.3 is 5.97 Å². The van der Waals surface area contributed by atoms with Gasteiger partial charge in [0.1, 0.15) is 11.8 Å². The van der Waals surface area contributed by atoms with Crippen LogP contribution in [-0.4, -0.2) is 28.2 Å². The molecule has 0 aromatic carbocycles. The summed E-state index contributed by atoms with van der Waals surface area (Å²) in [6, 6.07) is -0.899. The molecule has 1 aromatic heterocycles. The van der Waals surface area contributed by atoms with Crippen LogP contribution < -0.4 is 5.32 Å². The van der Waals surface area contributed by atoms with Gasteiger partial charge < -0.3 is 14.9 Å². The number of aliphatic carboxylic acids is 1. The molecule has 0 spiro atoms. The molecule has 6 heteroatoms. The average molecular weight is 226 g/mol. The van der Waals surface area contributed by atoms with E-state index in [1.54, 1.807) is 20.8 Å². The Hall–Kier alpha value is -1.85. The van der Waals surface area contributed by atoms with Gasteiger partial charge in [-0.05, 0) is 20.3 Å². The second-order valence-electron chi connectivity index (χ2n) is 3.48. The Balaban J connectivity index is 2.80. The molecule has 2 N–H and O–H groups in total. The number of carbonyl (C=O) groups excluding carboxylic acids is 1. The molecule has 0 aliphatic carbocycles. The normalized spacial score (nSPS) is 12.2. The van der Waals surface area contributed by atoms with Crippen LogP contribution in [0.1, 0.15) is 35.2 Å². The maximum Gasteiger partial charge on any atom is 0.326 e. The van der Waals surface area contributed by atoms with Crippen LogP contribution in [0.15, 0.2) is 4.52 Å². The Kier molecular flexibility index (Phi) is 3.65. The highest BCUT2D eigenvalue weighted by Gasteiger charge is 2.22. The molecule has 0 radical (unpaired) electrons. The number of aryl methyl sites for hydroxylation is 1. The number of nitrogens with zero attached hydrogens (tertiary/aromatic N) is 1. The molecule has 1 rings (SSSR count). The lowest BCUT2D eigenvalue weighted by molar-refractivity contribution is -0.139. The van der Waals surface area contributed by atoms with Gasteiger partial charge in [0.15, 0.2) is 5.69 Å². The van der Waals surface area contributed by atoms with Crippen LogP contribution in [0.4, 0.5) is 0 Å². The summed E-state index contributed by atoms with van der Waals surface area (Å²) in [6.45, 7) is 5.07. The lowest BCUT2D eigenvalue weighted by atomic mass is 10.2. The van der Waals surface area contributed by atoms with Gasteiger partial charge in [-0.2, -0.15) is 0 Å². The number of carbonyl (C=O) groups is 2. The molecule has 1 aromatic rings. The van der Waals surface area contributed by atoms with E-state index in [9.17, 15) is 9.59 Å². The monoisotopic (exact) mass is 226 g/mol. The highest BCUT2D eigenvalue weighted by Crippen LogP contribution is 2.11. The third-order valence-corrected chi connectivity index (χ3v) is 2.38. The molecule has 6 nitrogen and oxygen atoms in total. The second-order valence-corrected chi connectivity index (χ2v) is 3.48. The van der Waals surface area contributed by atoms with Crippen LogP contribution in [0.2, 0.25) is 0 Å². The highest BCUT2D eigenvalue weighted by molar-refractivity contribution is 5.96. The van der Waals surface area contributed by atoms with E-state index in [0.29, 0.717) is 17.7 Å². The van der Waals surface area contributed by atoms with Crippen molar-refractivity contribution in [2.45, 2.75) is 33.2 Å². The summed E-state index contributed by atoms with van der Waals surface area (Å²) in [7, 11) is 0. The van der Waals surface area contributed by atoms with E-state index in [1.807, 2.05) is 0 Å². The van der Waals surface area contributed by atoms with Crippen LogP contribution in [0.25, 0.3) is 0 Å². The van der Waals surface area contributed by atoms with Crippen LogP contribution >= 0.6 is 0 Å². The minimum Gasteiger partial charge on any atom is -0.480 e. The van der Waals surface area contributed by atoms with Crippen molar-refractivity contribution in [2.24, 2.45) is 0 Å². The Morgan fingerprint density at radius 3 is 2.50 bits per heavy atom. The van der Waals surface area contributed by atoms with E-state index >= 15 is 0 Å². The van der Waals surface area contributed by atoms with Crippen molar-refractivity contribution in [3.05, 3.63) is 17.0 Å². The molecule has 0 saturated carbocycles. The van der Waals surface area contributed by atoms with Gasteiger partial charge in [-0.25, -0.2) is 4.79 Å². The summed E-state index contributed by atoms with van der Waals surface area (Å²) >= 11 is 0. The SMILES string of the molecule is CCC(NC(=O)c1noc(C)c1C)C(=O)O. The number of hydrogen-bond donors (Lipinski definition) is 2. The van der Waals surface area contributed by atoms with Crippen molar-refractivity contribution in [1.82, 2.24) is 10.5 Å². The molecule has 1 atom stereocenters. The summed E-state index contributed by atoms with van der Waals surface area (Å²) in [4.78, 5) is 22.4. The van der Waals surface area contributed by atoms with E-state index < -0.39 is 17.9 Å². The first-order chi connectivity index (χ1) is 7.47. The largest absolute Gasteiger partial charge is 0.480 e. The quantitative estimate of drug-likeness (QED) is 0.795. The predicted octanol–water partition coefficient (Wildman–Crippen LogP) is 0.884. The Morgan fingerprint density at radius 2 is 2.12 bits per heavy atom. The molecule has 0 aliphatic heterocycles. The molecule has 0 fully saturated rings. The van der Waals surface area contributed by atoms with E-state index in [1.165, 1.54) is 0 Å². The van der Waals surface area contributed by atoms with Crippen molar-refractivity contribution < 1.29 is 19.2 Å². The number of rotatable bonds is 4. The first-order valence-corrected chi connectivity index (χ1v) is 4.93. The Labute approximate surface area is 92.6 Å². The van der Waals surface area contributed by atoms with Crippen molar-refractivity contribution in [3.8, 4) is 0 Å². The van der Waals surface area contributed by atoms with Gasteiger partial charge in [0, 0.05) is 5.56 Å². The fourth-order valence-electron chi connectivity index (χ4n) is 1.19. The molecule has 0 bridgehead atoms. The molecule has 0 aliphatic rings. The number of carboxylic acids is 1. The summed E-state index contributed by atoms with van der Waals surface area (Å²) in [5.74, 6) is -1.04. The maximum atomic E-state index is 11.7. The van der Waals surface area contributed by atoms with Gasteiger partial charge in [0.2, 0.25) is 0 Å². The number of amides is 1. The van der Waals surface area contributed by atoms with Gasteiger partial charge in [-0.15, -0.1) is 0 Å². The zero-order valence-electron chi connectivity index (χ0n) is 9.40. The average Bonchev–Trinajstić information content (AvgIpc) is 2.55. The fraction of sp³-hybridized carbons (Fsp3) is 0.500. The predicted molar refractivity (Wildman–Crippen MR) is 55.2 cm³/mol. The molecular weight excluding hydrogens is 212 g/mol. The van der Waals surface area contributed by atoms with Gasteiger partial charge in [0.25, 0.3) is 5.91 Å². The van der Waals surface area contributed by atoms with Crippen LogP contribution in [-0.2, 0) is 4.79 Å². The molecule has 1 heterocycles. The maximum absolute atomic E-state index is 11.7. The van der Waals surface area contributed by atoms with E-state index in [4.69, 9.17) is 9.63 Å². The van der Waals surface area contributed by atoms with Crippen molar-refractivity contribution in [3.63, 3.8) is 0 Å². The van der Waals surface area contributed by atoms with Crippen molar-refractivity contribution in [2.75, 3.05) is 0 Å². The molecule has 1 amide bonds. The second kappa shape index (κ2) is 4.78. The van der Waals surface area contributed by atoms with E-state index in [-0.39, 0.29) is 5.69 Å². The number of carboxylic acid groups (broad SMARTS) is 1. The Bertz CT molecular complexity index is 411. The summed E-state index contributed by atoms with van der Waals surface area (Å²) < 4.78 is 4.83. The molecule has 16 heavy (non-hydrogen) atoms. The van der Waals surface area contributed by atoms with Crippen molar-refractivity contribution >= 4 is 11.9 Å². The van der Waals surface area contributed by atoms with Gasteiger partial charge in [-0.3, -0.25) is 4.79 Å². The summed E-state index contributed by atoms with van der Waals surface area (Å²) in [6.07, 6.45) is 0.316. The molecular formula is C10H14N2O4. The number of nitrogens with one attached hydrogen (secondary N) is 1. The zero-order chi connectivity index (χ0) is 12.3. The smallest absolute Gasteiger partial charge is 0.326 e. The molecule has 88 valence electrons. The minimum atomic E-state index is -1.06. The first kappa shape index (κ1) is 12.2. The van der Waals surface area contributed by atoms with E-state index in [0.717, 1.165) is 0 Å². The van der Waals surface area contributed by atoms with E-state index in [2.05, 4.69) is 10.5 Å². The lowest BCUT2D eigenvalue weighted by Gasteiger charge is -2.10. The minimum absolute atomic E-state index is 0.136.